The maximum absolute atomic E-state index is 12.3. The first kappa shape index (κ1) is 18.4. The van der Waals surface area contributed by atoms with Crippen LogP contribution in [0.1, 0.15) is 23.5 Å². The van der Waals surface area contributed by atoms with Gasteiger partial charge in [-0.1, -0.05) is 48.5 Å². The Morgan fingerprint density at radius 2 is 1.69 bits per heavy atom. The highest BCUT2D eigenvalue weighted by Gasteiger charge is 2.29. The fourth-order valence-corrected chi connectivity index (χ4v) is 3.61. The van der Waals surface area contributed by atoms with Gasteiger partial charge in [0.2, 0.25) is 0 Å². The molecule has 0 spiro atoms. The predicted molar refractivity (Wildman–Crippen MR) is 102 cm³/mol. The van der Waals surface area contributed by atoms with E-state index >= 15 is 0 Å². The van der Waals surface area contributed by atoms with Gasteiger partial charge in [-0.05, 0) is 42.8 Å². The van der Waals surface area contributed by atoms with E-state index in [1.54, 1.807) is 0 Å². The van der Waals surface area contributed by atoms with Crippen LogP contribution >= 0.6 is 0 Å². The van der Waals surface area contributed by atoms with Crippen molar-refractivity contribution in [1.82, 2.24) is 10.2 Å². The van der Waals surface area contributed by atoms with Crippen LogP contribution in [0.25, 0.3) is 11.1 Å². The van der Waals surface area contributed by atoms with Crippen molar-refractivity contribution in [2.45, 2.75) is 18.4 Å². The molecule has 138 valence electrons. The van der Waals surface area contributed by atoms with Crippen molar-refractivity contribution < 1.29 is 14.6 Å². The number of aliphatic hydroxyl groups excluding tert-OH is 1. The van der Waals surface area contributed by atoms with Crippen LogP contribution in [-0.4, -0.2) is 56.0 Å². The predicted octanol–water partition coefficient (Wildman–Crippen LogP) is 2.84. The van der Waals surface area contributed by atoms with Gasteiger partial charge in [-0.3, -0.25) is 0 Å². The molecule has 0 bridgehead atoms. The molecule has 5 heteroatoms. The molecule has 5 nitrogen and oxygen atoms in total. The molecule has 0 aromatic heterocycles. The number of amides is 1. The summed E-state index contributed by atoms with van der Waals surface area (Å²) in [4.78, 5) is 14.2. The molecular weight excluding hydrogens is 328 g/mol. The van der Waals surface area contributed by atoms with Gasteiger partial charge < -0.3 is 20.1 Å². The fourth-order valence-electron chi connectivity index (χ4n) is 3.61. The number of aliphatic hydroxyl groups is 1. The summed E-state index contributed by atoms with van der Waals surface area (Å²) in [6, 6.07) is 16.4. The number of fused-ring (bicyclic) bond motifs is 3. The fraction of sp³-hybridized carbons (Fsp3) is 0.381. The van der Waals surface area contributed by atoms with Gasteiger partial charge in [0.25, 0.3) is 0 Å². The number of hydrogen-bond acceptors (Lipinski definition) is 4. The minimum absolute atomic E-state index is 0.0299. The lowest BCUT2D eigenvalue weighted by atomic mass is 9.98. The summed E-state index contributed by atoms with van der Waals surface area (Å²) in [5.41, 5.74) is 4.81. The minimum atomic E-state index is -0.438. The molecule has 0 saturated heterocycles. The largest absolute Gasteiger partial charge is 0.449 e. The maximum atomic E-state index is 12.3. The lowest BCUT2D eigenvalue weighted by Crippen LogP contribution is -2.42. The number of carbonyl (C=O) groups excluding carboxylic acids is 1. The third kappa shape index (κ3) is 4.06. The van der Waals surface area contributed by atoms with E-state index in [1.807, 2.05) is 43.3 Å². The molecule has 2 aromatic rings. The van der Waals surface area contributed by atoms with Crippen LogP contribution in [0.2, 0.25) is 0 Å². The molecule has 0 saturated carbocycles. The second-order valence-corrected chi connectivity index (χ2v) is 6.94. The lowest BCUT2D eigenvalue weighted by molar-refractivity contribution is 0.134. The Kier molecular flexibility index (Phi) is 5.91. The number of nitrogens with zero attached hydrogens (tertiary/aromatic N) is 1. The number of nitrogens with one attached hydrogen (secondary N) is 1. The Morgan fingerprint density at radius 1 is 1.12 bits per heavy atom. The standard InChI is InChI=1S/C21H26N2O3/c1-23(2)13-15(11-12-24)22-21(25)26-14-20-18-9-5-3-7-16(18)17-8-4-6-10-19(17)20/h3-10,15,20,24H,11-14H2,1-2H3,(H,22,25). The van der Waals surface area contributed by atoms with Gasteiger partial charge in [-0.2, -0.15) is 0 Å². The molecule has 1 aliphatic carbocycles. The van der Waals surface area contributed by atoms with E-state index in [0.29, 0.717) is 19.6 Å². The van der Waals surface area contributed by atoms with Crippen LogP contribution in [0.4, 0.5) is 4.79 Å². The van der Waals surface area contributed by atoms with Crippen molar-refractivity contribution in [3.05, 3.63) is 59.7 Å². The van der Waals surface area contributed by atoms with Crippen LogP contribution in [-0.2, 0) is 4.74 Å². The van der Waals surface area contributed by atoms with E-state index in [-0.39, 0.29) is 18.6 Å². The second-order valence-electron chi connectivity index (χ2n) is 6.94. The highest BCUT2D eigenvalue weighted by Crippen LogP contribution is 2.44. The van der Waals surface area contributed by atoms with E-state index in [9.17, 15) is 9.90 Å². The van der Waals surface area contributed by atoms with Crippen LogP contribution in [0.15, 0.2) is 48.5 Å². The van der Waals surface area contributed by atoms with Crippen molar-refractivity contribution in [2.75, 3.05) is 33.9 Å². The average Bonchev–Trinajstić information content (AvgIpc) is 2.94. The Balaban J connectivity index is 1.67. The zero-order chi connectivity index (χ0) is 18.5. The number of likely N-dealkylation sites (N-methyl/N-ethyl adjacent to an activating group) is 1. The Morgan fingerprint density at radius 3 is 2.23 bits per heavy atom. The van der Waals surface area contributed by atoms with Gasteiger partial charge in [0.15, 0.2) is 0 Å². The first-order chi connectivity index (χ1) is 12.6. The number of alkyl carbamates (subject to hydrolysis) is 1. The zero-order valence-corrected chi connectivity index (χ0v) is 15.3. The summed E-state index contributed by atoms with van der Waals surface area (Å²) in [5.74, 6) is 0.0540. The maximum Gasteiger partial charge on any atom is 0.407 e. The third-order valence-corrected chi connectivity index (χ3v) is 4.73. The van der Waals surface area contributed by atoms with Gasteiger partial charge >= 0.3 is 6.09 Å². The van der Waals surface area contributed by atoms with Crippen LogP contribution in [0, 0.1) is 0 Å². The van der Waals surface area contributed by atoms with Crippen molar-refractivity contribution in [3.63, 3.8) is 0 Å². The quantitative estimate of drug-likeness (QED) is 0.803. The zero-order valence-electron chi connectivity index (χ0n) is 15.3. The van der Waals surface area contributed by atoms with Crippen LogP contribution in [0.3, 0.4) is 0 Å². The van der Waals surface area contributed by atoms with Gasteiger partial charge in [0, 0.05) is 25.1 Å². The van der Waals surface area contributed by atoms with Gasteiger partial charge in [-0.15, -0.1) is 0 Å². The van der Waals surface area contributed by atoms with E-state index in [1.165, 1.54) is 22.3 Å². The van der Waals surface area contributed by atoms with Gasteiger partial charge in [0.05, 0.1) is 0 Å². The Hall–Kier alpha value is -2.37. The van der Waals surface area contributed by atoms with Gasteiger partial charge in [0.1, 0.15) is 6.61 Å². The van der Waals surface area contributed by atoms with Crippen molar-refractivity contribution in [2.24, 2.45) is 0 Å². The minimum Gasteiger partial charge on any atom is -0.449 e. The molecule has 1 unspecified atom stereocenters. The molecule has 0 heterocycles. The topological polar surface area (TPSA) is 61.8 Å². The number of ether oxygens (including phenoxy) is 1. The summed E-state index contributed by atoms with van der Waals surface area (Å²) in [5, 5.41) is 12.0. The smallest absolute Gasteiger partial charge is 0.407 e. The Bertz CT molecular complexity index is 715. The molecule has 2 aromatic carbocycles. The number of benzene rings is 2. The van der Waals surface area contributed by atoms with Crippen LogP contribution < -0.4 is 5.32 Å². The van der Waals surface area contributed by atoms with Crippen molar-refractivity contribution in [1.29, 1.82) is 0 Å². The lowest BCUT2D eigenvalue weighted by Gasteiger charge is -2.22. The average molecular weight is 354 g/mol. The summed E-state index contributed by atoms with van der Waals surface area (Å²) >= 11 is 0. The normalized spacial score (nSPS) is 14.0. The number of hydrogen-bond donors (Lipinski definition) is 2. The number of rotatable bonds is 7. The molecule has 1 aliphatic rings. The van der Waals surface area contributed by atoms with E-state index in [4.69, 9.17) is 4.74 Å². The molecule has 0 radical (unpaired) electrons. The highest BCUT2D eigenvalue weighted by molar-refractivity contribution is 5.79. The van der Waals surface area contributed by atoms with Crippen LogP contribution in [0.5, 0.6) is 0 Å². The van der Waals surface area contributed by atoms with E-state index < -0.39 is 6.09 Å². The summed E-state index contributed by atoms with van der Waals surface area (Å²) in [6.07, 6.45) is 0.0645. The Labute approximate surface area is 154 Å². The van der Waals surface area contributed by atoms with Crippen molar-refractivity contribution in [3.8, 4) is 11.1 Å². The second kappa shape index (κ2) is 8.34. The van der Waals surface area contributed by atoms with Gasteiger partial charge in [-0.25, -0.2) is 4.79 Å². The third-order valence-electron chi connectivity index (χ3n) is 4.73. The first-order valence-corrected chi connectivity index (χ1v) is 8.97. The molecular formula is C21H26N2O3. The molecule has 0 fully saturated rings. The molecule has 1 atom stereocenters. The molecule has 2 N–H and O–H groups in total. The first-order valence-electron chi connectivity index (χ1n) is 8.97. The molecule has 1 amide bonds. The highest BCUT2D eigenvalue weighted by atomic mass is 16.5. The SMILES string of the molecule is CN(C)CC(CCO)NC(=O)OCC1c2ccccc2-c2ccccc21. The summed E-state index contributed by atoms with van der Waals surface area (Å²) in [7, 11) is 3.87. The summed E-state index contributed by atoms with van der Waals surface area (Å²) < 4.78 is 5.55. The van der Waals surface area contributed by atoms with Crippen molar-refractivity contribution >= 4 is 6.09 Å². The van der Waals surface area contributed by atoms with E-state index in [2.05, 4.69) is 29.6 Å². The molecule has 3 rings (SSSR count). The molecule has 0 aliphatic heterocycles. The van der Waals surface area contributed by atoms with E-state index in [0.717, 1.165) is 0 Å². The summed E-state index contributed by atoms with van der Waals surface area (Å²) in [6.45, 7) is 0.987. The number of carbonyl (C=O) groups is 1. The molecule has 26 heavy (non-hydrogen) atoms. The monoisotopic (exact) mass is 354 g/mol.